The summed E-state index contributed by atoms with van der Waals surface area (Å²) in [4.78, 5) is 14.0. The van der Waals surface area contributed by atoms with Crippen molar-refractivity contribution in [1.82, 2.24) is 4.90 Å². The Morgan fingerprint density at radius 3 is 2.88 bits per heavy atom. The van der Waals surface area contributed by atoms with Gasteiger partial charge < -0.3 is 14.7 Å². The number of aliphatic hydroxyl groups is 1. The van der Waals surface area contributed by atoms with Crippen molar-refractivity contribution < 1.29 is 14.6 Å². The van der Waals surface area contributed by atoms with Gasteiger partial charge >= 0.3 is 0 Å². The largest absolute Gasteiger partial charge is 0.394 e. The average Bonchev–Trinajstić information content (AvgIpc) is 2.34. The molecule has 2 fully saturated rings. The van der Waals surface area contributed by atoms with E-state index in [0.717, 1.165) is 0 Å². The zero-order chi connectivity index (χ0) is 12.5. The van der Waals surface area contributed by atoms with Gasteiger partial charge in [-0.2, -0.15) is 5.26 Å². The zero-order valence-corrected chi connectivity index (χ0v) is 10.1. The molecule has 2 rings (SSSR count). The van der Waals surface area contributed by atoms with Gasteiger partial charge in [-0.05, 0) is 18.8 Å². The van der Waals surface area contributed by atoms with Gasteiger partial charge in [-0.15, -0.1) is 0 Å². The first kappa shape index (κ1) is 12.3. The zero-order valence-electron chi connectivity index (χ0n) is 10.1. The highest BCUT2D eigenvalue weighted by Gasteiger charge is 2.51. The minimum absolute atomic E-state index is 0.0835. The van der Waals surface area contributed by atoms with E-state index in [1.807, 2.05) is 0 Å². The summed E-state index contributed by atoms with van der Waals surface area (Å²) in [5.41, 5.74) is -0.809. The predicted octanol–water partition coefficient (Wildman–Crippen LogP) is 0.146. The second-order valence-corrected chi connectivity index (χ2v) is 5.13. The summed E-state index contributed by atoms with van der Waals surface area (Å²) in [6.45, 7) is 3.33. The summed E-state index contributed by atoms with van der Waals surface area (Å²) in [5, 5.41) is 18.2. The van der Waals surface area contributed by atoms with Crippen molar-refractivity contribution in [1.29, 1.82) is 5.26 Å². The van der Waals surface area contributed by atoms with E-state index in [1.165, 1.54) is 0 Å². The van der Waals surface area contributed by atoms with Crippen molar-refractivity contribution in [2.24, 2.45) is 11.3 Å². The van der Waals surface area contributed by atoms with Gasteiger partial charge in [0.2, 0.25) is 5.91 Å². The molecule has 5 heteroatoms. The van der Waals surface area contributed by atoms with E-state index < -0.39 is 5.41 Å². The second-order valence-electron chi connectivity index (χ2n) is 5.13. The van der Waals surface area contributed by atoms with Crippen molar-refractivity contribution in [2.45, 2.75) is 25.9 Å². The fourth-order valence-corrected chi connectivity index (χ4v) is 2.76. The summed E-state index contributed by atoms with van der Waals surface area (Å²) in [6.07, 6.45) is 1.01. The normalized spacial score (nSPS) is 37.1. The molecule has 5 nitrogen and oxygen atoms in total. The Bertz CT molecular complexity index is 344. The third kappa shape index (κ3) is 2.15. The lowest BCUT2D eigenvalue weighted by molar-refractivity contribution is -0.154. The monoisotopic (exact) mass is 238 g/mol. The summed E-state index contributed by atoms with van der Waals surface area (Å²) >= 11 is 0. The molecule has 0 aromatic carbocycles. The lowest BCUT2D eigenvalue weighted by atomic mass is 9.62. The van der Waals surface area contributed by atoms with Gasteiger partial charge in [0.15, 0.2) is 0 Å². The molecule has 0 radical (unpaired) electrons. The molecule has 1 amide bonds. The van der Waals surface area contributed by atoms with Crippen molar-refractivity contribution in [3.63, 3.8) is 0 Å². The summed E-state index contributed by atoms with van der Waals surface area (Å²) in [7, 11) is 0. The second kappa shape index (κ2) is 4.63. The molecule has 1 saturated heterocycles. The standard InChI is InChI=1S/C12H18N2O3/c1-9-4-12(5-9,8-13)11(16)14-2-3-17-10(6-14)7-15/h9-10,15H,2-7H2,1H3. The number of amides is 1. The molecule has 0 aromatic heterocycles. The van der Waals surface area contributed by atoms with Gasteiger partial charge in [0.1, 0.15) is 5.41 Å². The third-order valence-electron chi connectivity index (χ3n) is 3.65. The molecule has 1 saturated carbocycles. The fourth-order valence-electron chi connectivity index (χ4n) is 2.76. The van der Waals surface area contributed by atoms with Crippen LogP contribution < -0.4 is 0 Å². The highest BCUT2D eigenvalue weighted by Crippen LogP contribution is 2.46. The van der Waals surface area contributed by atoms with Crippen LogP contribution in [0.5, 0.6) is 0 Å². The highest BCUT2D eigenvalue weighted by molar-refractivity contribution is 5.86. The Labute approximate surface area is 101 Å². The molecule has 0 spiro atoms. The van der Waals surface area contributed by atoms with Crippen LogP contribution in [0.2, 0.25) is 0 Å². The van der Waals surface area contributed by atoms with Crippen LogP contribution >= 0.6 is 0 Å². The van der Waals surface area contributed by atoms with Crippen molar-refractivity contribution in [3.05, 3.63) is 0 Å². The number of carbonyl (C=O) groups excluding carboxylic acids is 1. The van der Waals surface area contributed by atoms with E-state index in [0.29, 0.717) is 38.5 Å². The lowest BCUT2D eigenvalue weighted by Gasteiger charge is -2.44. The maximum absolute atomic E-state index is 12.3. The lowest BCUT2D eigenvalue weighted by Crippen LogP contribution is -2.55. The van der Waals surface area contributed by atoms with E-state index >= 15 is 0 Å². The molecule has 0 aromatic rings. The molecule has 94 valence electrons. The number of nitriles is 1. The minimum atomic E-state index is -0.809. The molecule has 1 heterocycles. The Morgan fingerprint density at radius 1 is 1.65 bits per heavy atom. The predicted molar refractivity (Wildman–Crippen MR) is 59.8 cm³/mol. The first-order valence-corrected chi connectivity index (χ1v) is 6.04. The van der Waals surface area contributed by atoms with Crippen LogP contribution in [0.3, 0.4) is 0 Å². The van der Waals surface area contributed by atoms with Gasteiger partial charge in [-0.25, -0.2) is 0 Å². The minimum Gasteiger partial charge on any atom is -0.394 e. The first-order chi connectivity index (χ1) is 8.11. The Morgan fingerprint density at radius 2 is 2.35 bits per heavy atom. The van der Waals surface area contributed by atoms with Gasteiger partial charge in [-0.3, -0.25) is 4.79 Å². The van der Waals surface area contributed by atoms with E-state index in [-0.39, 0.29) is 18.6 Å². The Kier molecular flexibility index (Phi) is 3.36. The van der Waals surface area contributed by atoms with Crippen molar-refractivity contribution in [2.75, 3.05) is 26.3 Å². The highest BCUT2D eigenvalue weighted by atomic mass is 16.5. The summed E-state index contributed by atoms with van der Waals surface area (Å²) in [6, 6.07) is 2.18. The SMILES string of the molecule is CC1CC(C#N)(C(=O)N2CCOC(CO)C2)C1. The van der Waals surface area contributed by atoms with Gasteiger partial charge in [-0.1, -0.05) is 6.92 Å². The molecule has 1 aliphatic carbocycles. The van der Waals surface area contributed by atoms with Crippen LogP contribution in [-0.4, -0.2) is 48.3 Å². The number of aliphatic hydroxyl groups excluding tert-OH is 1. The molecule has 2 aliphatic rings. The Hall–Kier alpha value is -1.12. The van der Waals surface area contributed by atoms with Gasteiger partial charge in [0.05, 0.1) is 25.4 Å². The summed E-state index contributed by atoms with van der Waals surface area (Å²) < 4.78 is 5.30. The quantitative estimate of drug-likeness (QED) is 0.743. The smallest absolute Gasteiger partial charge is 0.243 e. The maximum Gasteiger partial charge on any atom is 0.243 e. The number of ether oxygens (including phenoxy) is 1. The molecule has 0 bridgehead atoms. The maximum atomic E-state index is 12.3. The first-order valence-electron chi connectivity index (χ1n) is 6.04. The number of carbonyl (C=O) groups is 1. The van der Waals surface area contributed by atoms with E-state index in [4.69, 9.17) is 9.84 Å². The van der Waals surface area contributed by atoms with E-state index in [1.54, 1.807) is 4.90 Å². The number of hydrogen-bond acceptors (Lipinski definition) is 4. The molecular weight excluding hydrogens is 220 g/mol. The van der Waals surface area contributed by atoms with Crippen LogP contribution in [0.1, 0.15) is 19.8 Å². The molecule has 1 atom stereocenters. The summed E-state index contributed by atoms with van der Waals surface area (Å²) in [5.74, 6) is 0.369. The number of hydrogen-bond donors (Lipinski definition) is 1. The Balaban J connectivity index is 2.02. The fraction of sp³-hybridized carbons (Fsp3) is 0.833. The van der Waals surface area contributed by atoms with Crippen LogP contribution in [0, 0.1) is 22.7 Å². The van der Waals surface area contributed by atoms with Crippen molar-refractivity contribution in [3.8, 4) is 6.07 Å². The number of rotatable bonds is 2. The molecule has 17 heavy (non-hydrogen) atoms. The van der Waals surface area contributed by atoms with E-state index in [2.05, 4.69) is 13.0 Å². The van der Waals surface area contributed by atoms with Crippen LogP contribution in [0.25, 0.3) is 0 Å². The van der Waals surface area contributed by atoms with Crippen LogP contribution in [0.15, 0.2) is 0 Å². The molecular formula is C12H18N2O3. The average molecular weight is 238 g/mol. The van der Waals surface area contributed by atoms with E-state index in [9.17, 15) is 10.1 Å². The third-order valence-corrected chi connectivity index (χ3v) is 3.65. The molecule has 1 aliphatic heterocycles. The van der Waals surface area contributed by atoms with Crippen LogP contribution in [0.4, 0.5) is 0 Å². The molecule has 1 unspecified atom stereocenters. The van der Waals surface area contributed by atoms with Gasteiger partial charge in [0.25, 0.3) is 0 Å². The van der Waals surface area contributed by atoms with Crippen LogP contribution in [-0.2, 0) is 9.53 Å². The number of nitrogens with zero attached hydrogens (tertiary/aromatic N) is 2. The van der Waals surface area contributed by atoms with Gasteiger partial charge in [0, 0.05) is 13.1 Å². The topological polar surface area (TPSA) is 73.6 Å². The molecule has 1 N–H and O–H groups in total. The number of morpholine rings is 1. The van der Waals surface area contributed by atoms with Crippen molar-refractivity contribution >= 4 is 5.91 Å².